The molecule has 1 aliphatic rings. The quantitative estimate of drug-likeness (QED) is 0.875. The van der Waals surface area contributed by atoms with Crippen LogP contribution in [0, 0.1) is 5.92 Å². The van der Waals surface area contributed by atoms with Crippen molar-refractivity contribution >= 4 is 11.6 Å². The number of carbonyl (C=O) groups excluding carboxylic acids is 1. The molecule has 0 spiro atoms. The molecular weight excluding hydrogens is 264 g/mol. The SMILES string of the molecule is CCC(C)C(=O)Nc1ccc(CCN2CCOCC2)cc1. The number of hydrogen-bond donors (Lipinski definition) is 1. The van der Waals surface area contributed by atoms with Gasteiger partial charge in [-0.3, -0.25) is 9.69 Å². The minimum atomic E-state index is 0.0611. The van der Waals surface area contributed by atoms with E-state index in [0.717, 1.165) is 51.4 Å². The maximum Gasteiger partial charge on any atom is 0.227 e. The summed E-state index contributed by atoms with van der Waals surface area (Å²) in [5, 5.41) is 2.96. The molecule has 0 radical (unpaired) electrons. The minimum Gasteiger partial charge on any atom is -0.379 e. The molecular formula is C17H26N2O2. The summed E-state index contributed by atoms with van der Waals surface area (Å²) in [6, 6.07) is 8.20. The highest BCUT2D eigenvalue weighted by Crippen LogP contribution is 2.13. The average molecular weight is 290 g/mol. The van der Waals surface area contributed by atoms with E-state index >= 15 is 0 Å². The second-order valence-electron chi connectivity index (χ2n) is 5.70. The zero-order chi connectivity index (χ0) is 15.1. The van der Waals surface area contributed by atoms with E-state index in [1.54, 1.807) is 0 Å². The normalized spacial score (nSPS) is 17.4. The van der Waals surface area contributed by atoms with Crippen LogP contribution in [0.25, 0.3) is 0 Å². The summed E-state index contributed by atoms with van der Waals surface area (Å²) >= 11 is 0. The molecule has 4 heteroatoms. The van der Waals surface area contributed by atoms with Crippen molar-refractivity contribution in [1.82, 2.24) is 4.90 Å². The molecule has 1 saturated heterocycles. The van der Waals surface area contributed by atoms with E-state index in [1.807, 2.05) is 26.0 Å². The van der Waals surface area contributed by atoms with Gasteiger partial charge < -0.3 is 10.1 Å². The standard InChI is InChI=1S/C17H26N2O2/c1-3-14(2)17(20)18-16-6-4-15(5-7-16)8-9-19-10-12-21-13-11-19/h4-7,14H,3,8-13H2,1-2H3,(H,18,20). The number of nitrogens with one attached hydrogen (secondary N) is 1. The second kappa shape index (κ2) is 8.15. The molecule has 1 atom stereocenters. The molecule has 0 aliphatic carbocycles. The maximum absolute atomic E-state index is 11.8. The summed E-state index contributed by atoms with van der Waals surface area (Å²) in [6.45, 7) is 8.81. The van der Waals surface area contributed by atoms with Gasteiger partial charge in [0.15, 0.2) is 0 Å². The number of carbonyl (C=O) groups is 1. The number of benzene rings is 1. The second-order valence-corrected chi connectivity index (χ2v) is 5.70. The van der Waals surface area contributed by atoms with Crippen LogP contribution in [-0.4, -0.2) is 43.7 Å². The van der Waals surface area contributed by atoms with Crippen LogP contribution in [0.2, 0.25) is 0 Å². The summed E-state index contributed by atoms with van der Waals surface area (Å²) < 4.78 is 5.35. The molecule has 1 aliphatic heterocycles. The molecule has 1 aromatic carbocycles. The van der Waals surface area contributed by atoms with E-state index in [9.17, 15) is 4.79 Å². The first-order chi connectivity index (χ1) is 10.2. The molecule has 1 N–H and O–H groups in total. The van der Waals surface area contributed by atoms with E-state index in [4.69, 9.17) is 4.74 Å². The van der Waals surface area contributed by atoms with E-state index in [-0.39, 0.29) is 11.8 Å². The van der Waals surface area contributed by atoms with Gasteiger partial charge in [-0.1, -0.05) is 26.0 Å². The Morgan fingerprint density at radius 3 is 2.57 bits per heavy atom. The molecule has 1 amide bonds. The summed E-state index contributed by atoms with van der Waals surface area (Å²) in [6.07, 6.45) is 1.91. The molecule has 1 unspecified atom stereocenters. The smallest absolute Gasteiger partial charge is 0.227 e. The van der Waals surface area contributed by atoms with Crippen LogP contribution in [0.4, 0.5) is 5.69 Å². The largest absolute Gasteiger partial charge is 0.379 e. The fourth-order valence-corrected chi connectivity index (χ4v) is 2.32. The van der Waals surface area contributed by atoms with Gasteiger partial charge >= 0.3 is 0 Å². The summed E-state index contributed by atoms with van der Waals surface area (Å²) in [7, 11) is 0. The molecule has 0 aromatic heterocycles. The molecule has 0 bridgehead atoms. The van der Waals surface area contributed by atoms with E-state index in [2.05, 4.69) is 22.3 Å². The van der Waals surface area contributed by atoms with Crippen molar-refractivity contribution in [3.05, 3.63) is 29.8 Å². The predicted octanol–water partition coefficient (Wildman–Crippen LogP) is 2.55. The van der Waals surface area contributed by atoms with Crippen molar-refractivity contribution < 1.29 is 9.53 Å². The highest BCUT2D eigenvalue weighted by Gasteiger charge is 2.11. The third-order valence-corrected chi connectivity index (χ3v) is 4.10. The van der Waals surface area contributed by atoms with Crippen LogP contribution >= 0.6 is 0 Å². The molecule has 116 valence electrons. The number of ether oxygens (including phenoxy) is 1. The van der Waals surface area contributed by atoms with Crippen molar-refractivity contribution in [3.63, 3.8) is 0 Å². The monoisotopic (exact) mass is 290 g/mol. The summed E-state index contributed by atoms with van der Waals surface area (Å²) in [5.41, 5.74) is 2.19. The highest BCUT2D eigenvalue weighted by atomic mass is 16.5. The van der Waals surface area contributed by atoms with Gasteiger partial charge in [0.1, 0.15) is 0 Å². The van der Waals surface area contributed by atoms with Gasteiger partial charge in [0.05, 0.1) is 13.2 Å². The molecule has 1 fully saturated rings. The molecule has 1 aromatic rings. The Morgan fingerprint density at radius 2 is 1.95 bits per heavy atom. The van der Waals surface area contributed by atoms with Gasteiger partial charge in [-0.15, -0.1) is 0 Å². The van der Waals surface area contributed by atoms with Gasteiger partial charge in [-0.05, 0) is 30.5 Å². The van der Waals surface area contributed by atoms with Crippen LogP contribution in [0.5, 0.6) is 0 Å². The lowest BCUT2D eigenvalue weighted by Crippen LogP contribution is -2.37. The Labute approximate surface area is 127 Å². The van der Waals surface area contributed by atoms with Crippen LogP contribution in [0.15, 0.2) is 24.3 Å². The van der Waals surface area contributed by atoms with Crippen LogP contribution < -0.4 is 5.32 Å². The van der Waals surface area contributed by atoms with Crippen LogP contribution in [-0.2, 0) is 16.0 Å². The molecule has 21 heavy (non-hydrogen) atoms. The highest BCUT2D eigenvalue weighted by molar-refractivity contribution is 5.92. The lowest BCUT2D eigenvalue weighted by molar-refractivity contribution is -0.119. The topological polar surface area (TPSA) is 41.6 Å². The summed E-state index contributed by atoms with van der Waals surface area (Å²) in [4.78, 5) is 14.3. The summed E-state index contributed by atoms with van der Waals surface area (Å²) in [5.74, 6) is 0.157. The van der Waals surface area contributed by atoms with Gasteiger partial charge in [-0.25, -0.2) is 0 Å². The van der Waals surface area contributed by atoms with E-state index in [1.165, 1.54) is 5.56 Å². The Morgan fingerprint density at radius 1 is 1.29 bits per heavy atom. The van der Waals surface area contributed by atoms with Crippen molar-refractivity contribution in [2.24, 2.45) is 5.92 Å². The molecule has 1 heterocycles. The van der Waals surface area contributed by atoms with Gasteiger partial charge in [0, 0.05) is 31.2 Å². The fourth-order valence-electron chi connectivity index (χ4n) is 2.32. The van der Waals surface area contributed by atoms with E-state index < -0.39 is 0 Å². The third-order valence-electron chi connectivity index (χ3n) is 4.10. The maximum atomic E-state index is 11.8. The lowest BCUT2D eigenvalue weighted by Gasteiger charge is -2.26. The van der Waals surface area contributed by atoms with Crippen molar-refractivity contribution in [1.29, 1.82) is 0 Å². The number of nitrogens with zero attached hydrogens (tertiary/aromatic N) is 1. The zero-order valence-corrected chi connectivity index (χ0v) is 13.1. The van der Waals surface area contributed by atoms with E-state index in [0.29, 0.717) is 0 Å². The number of hydrogen-bond acceptors (Lipinski definition) is 3. The molecule has 2 rings (SSSR count). The van der Waals surface area contributed by atoms with Crippen molar-refractivity contribution in [3.8, 4) is 0 Å². The number of morpholine rings is 1. The molecule has 0 saturated carbocycles. The first kappa shape index (κ1) is 16.0. The first-order valence-electron chi connectivity index (χ1n) is 7.89. The van der Waals surface area contributed by atoms with Crippen LogP contribution in [0.3, 0.4) is 0 Å². The average Bonchev–Trinajstić information content (AvgIpc) is 2.54. The first-order valence-corrected chi connectivity index (χ1v) is 7.89. The zero-order valence-electron chi connectivity index (χ0n) is 13.1. The lowest BCUT2D eigenvalue weighted by atomic mass is 10.1. The fraction of sp³-hybridized carbons (Fsp3) is 0.588. The Hall–Kier alpha value is -1.39. The third kappa shape index (κ3) is 5.14. The predicted molar refractivity (Wildman–Crippen MR) is 85.5 cm³/mol. The van der Waals surface area contributed by atoms with Crippen LogP contribution in [0.1, 0.15) is 25.8 Å². The number of anilines is 1. The van der Waals surface area contributed by atoms with Gasteiger partial charge in [0.25, 0.3) is 0 Å². The minimum absolute atomic E-state index is 0.0611. The Bertz CT molecular complexity index is 439. The number of amides is 1. The Kier molecular flexibility index (Phi) is 6.21. The van der Waals surface area contributed by atoms with Crippen molar-refractivity contribution in [2.45, 2.75) is 26.7 Å². The Balaban J connectivity index is 1.79. The van der Waals surface area contributed by atoms with Gasteiger partial charge in [-0.2, -0.15) is 0 Å². The molecule has 4 nitrogen and oxygen atoms in total. The number of rotatable bonds is 6. The van der Waals surface area contributed by atoms with Gasteiger partial charge in [0.2, 0.25) is 5.91 Å². The van der Waals surface area contributed by atoms with Crippen molar-refractivity contribution in [2.75, 3.05) is 38.2 Å².